The fraction of sp³-hybridized carbons (Fsp3) is 0.846. The highest BCUT2D eigenvalue weighted by Crippen LogP contribution is 2.33. The van der Waals surface area contributed by atoms with E-state index in [1.165, 1.54) is 11.8 Å². The van der Waals surface area contributed by atoms with Crippen molar-refractivity contribution in [2.45, 2.75) is 50.9 Å². The number of likely N-dealkylation sites (tertiary alicyclic amines) is 1. The Kier molecular flexibility index (Phi) is 4.75. The van der Waals surface area contributed by atoms with Crippen LogP contribution >= 0.6 is 0 Å². The van der Waals surface area contributed by atoms with Crippen molar-refractivity contribution in [2.24, 2.45) is 5.92 Å². The van der Waals surface area contributed by atoms with E-state index in [1.54, 1.807) is 0 Å². The van der Waals surface area contributed by atoms with Crippen molar-refractivity contribution in [3.8, 4) is 0 Å². The van der Waals surface area contributed by atoms with Crippen molar-refractivity contribution >= 4 is 11.9 Å². The highest BCUT2D eigenvalue weighted by Gasteiger charge is 2.43. The second-order valence-electron chi connectivity index (χ2n) is 5.79. The first kappa shape index (κ1) is 16.1. The Morgan fingerprint density at radius 1 is 1.24 bits per heavy atom. The second kappa shape index (κ2) is 6.21. The number of nitrogens with one attached hydrogen (secondary N) is 2. The van der Waals surface area contributed by atoms with Gasteiger partial charge in [-0.15, -0.1) is 0 Å². The summed E-state index contributed by atoms with van der Waals surface area (Å²) in [6, 6.07) is -1.20. The molecule has 1 saturated carbocycles. The summed E-state index contributed by atoms with van der Waals surface area (Å²) >= 11 is 0. The molecule has 8 heteroatoms. The number of carbonyl (C=O) groups is 2. The zero-order valence-corrected chi connectivity index (χ0v) is 11.9. The number of piperidine rings is 1. The number of hydrogen-bond donors (Lipinski definition) is 2. The molecule has 2 fully saturated rings. The highest BCUT2D eigenvalue weighted by molar-refractivity contribution is 5.96. The third-order valence-corrected chi connectivity index (χ3v) is 3.99. The largest absolute Gasteiger partial charge is 0.393 e. The summed E-state index contributed by atoms with van der Waals surface area (Å²) < 4.78 is 38.2. The average Bonchev–Trinajstić information content (AvgIpc) is 3.20. The van der Waals surface area contributed by atoms with Crippen LogP contribution in [-0.2, 0) is 4.79 Å². The van der Waals surface area contributed by atoms with Crippen LogP contribution in [0.2, 0.25) is 0 Å². The molecule has 0 aromatic heterocycles. The van der Waals surface area contributed by atoms with Crippen molar-refractivity contribution in [1.29, 1.82) is 0 Å². The Bertz CT molecular complexity index is 410. The molecule has 2 aliphatic rings. The van der Waals surface area contributed by atoms with E-state index in [4.69, 9.17) is 0 Å². The van der Waals surface area contributed by atoms with E-state index in [0.717, 1.165) is 12.8 Å². The van der Waals surface area contributed by atoms with Crippen LogP contribution in [0.4, 0.5) is 18.0 Å². The van der Waals surface area contributed by atoms with Crippen LogP contribution < -0.4 is 10.6 Å². The lowest BCUT2D eigenvalue weighted by Gasteiger charge is -2.36. The number of rotatable bonds is 3. The van der Waals surface area contributed by atoms with Gasteiger partial charge in [-0.05, 0) is 39.2 Å². The summed E-state index contributed by atoms with van der Waals surface area (Å²) in [5.41, 5.74) is 0. The molecule has 1 saturated heterocycles. The Balaban J connectivity index is 1.84. The van der Waals surface area contributed by atoms with Gasteiger partial charge in [-0.1, -0.05) is 0 Å². The number of carbonyl (C=O) groups excluding carboxylic acids is 2. The van der Waals surface area contributed by atoms with Crippen molar-refractivity contribution < 1.29 is 22.8 Å². The maximum Gasteiger partial charge on any atom is 0.393 e. The molecule has 2 atom stereocenters. The second-order valence-corrected chi connectivity index (χ2v) is 5.79. The quantitative estimate of drug-likeness (QED) is 0.833. The van der Waals surface area contributed by atoms with Crippen molar-refractivity contribution in [1.82, 2.24) is 15.5 Å². The lowest BCUT2D eigenvalue weighted by molar-refractivity contribution is -0.188. The summed E-state index contributed by atoms with van der Waals surface area (Å²) in [7, 11) is 0. The molecule has 120 valence electrons. The van der Waals surface area contributed by atoms with Crippen LogP contribution in [-0.4, -0.2) is 48.2 Å². The number of amides is 3. The Morgan fingerprint density at radius 3 is 2.48 bits per heavy atom. The maximum atomic E-state index is 12.7. The lowest BCUT2D eigenvalue weighted by Crippen LogP contribution is -2.53. The topological polar surface area (TPSA) is 61.4 Å². The number of nitrogens with zero attached hydrogens (tertiary/aromatic N) is 1. The van der Waals surface area contributed by atoms with Crippen LogP contribution in [0.5, 0.6) is 0 Å². The molecule has 3 amide bonds. The van der Waals surface area contributed by atoms with Gasteiger partial charge in [0.2, 0.25) is 5.91 Å². The minimum absolute atomic E-state index is 0.0938. The van der Waals surface area contributed by atoms with Gasteiger partial charge < -0.3 is 5.32 Å². The summed E-state index contributed by atoms with van der Waals surface area (Å²) in [4.78, 5) is 24.9. The first-order valence-corrected chi connectivity index (χ1v) is 7.19. The first-order valence-electron chi connectivity index (χ1n) is 7.19. The molecule has 2 unspecified atom stereocenters. The molecule has 5 nitrogen and oxygen atoms in total. The van der Waals surface area contributed by atoms with Crippen molar-refractivity contribution in [3.63, 3.8) is 0 Å². The molecule has 0 aromatic rings. The molecular weight excluding hydrogens is 287 g/mol. The van der Waals surface area contributed by atoms with Gasteiger partial charge in [0.1, 0.15) is 0 Å². The van der Waals surface area contributed by atoms with E-state index in [9.17, 15) is 22.8 Å². The molecule has 2 N–H and O–H groups in total. The van der Waals surface area contributed by atoms with E-state index in [-0.39, 0.29) is 19.0 Å². The van der Waals surface area contributed by atoms with Gasteiger partial charge >= 0.3 is 12.2 Å². The predicted octanol–water partition coefficient (Wildman–Crippen LogP) is 1.64. The first-order chi connectivity index (χ1) is 9.77. The van der Waals surface area contributed by atoms with Gasteiger partial charge in [-0.2, -0.15) is 13.2 Å². The van der Waals surface area contributed by atoms with E-state index in [1.807, 2.05) is 0 Å². The zero-order valence-electron chi connectivity index (χ0n) is 11.9. The molecule has 1 aliphatic heterocycles. The zero-order chi connectivity index (χ0) is 15.6. The van der Waals surface area contributed by atoms with Gasteiger partial charge in [0.25, 0.3) is 0 Å². The number of hydrogen-bond acceptors (Lipinski definition) is 3. The normalized spacial score (nSPS) is 25.2. The molecular formula is C13H20F3N3O2. The van der Waals surface area contributed by atoms with Crippen molar-refractivity contribution in [3.05, 3.63) is 0 Å². The van der Waals surface area contributed by atoms with Gasteiger partial charge in [-0.25, -0.2) is 4.79 Å². The van der Waals surface area contributed by atoms with E-state index >= 15 is 0 Å². The van der Waals surface area contributed by atoms with Crippen molar-refractivity contribution in [2.75, 3.05) is 13.1 Å². The molecule has 2 rings (SSSR count). The smallest absolute Gasteiger partial charge is 0.335 e. The molecule has 1 aliphatic carbocycles. The van der Waals surface area contributed by atoms with Gasteiger partial charge in [-0.3, -0.25) is 15.0 Å². The predicted molar refractivity (Wildman–Crippen MR) is 69.5 cm³/mol. The standard InChI is InChI=1S/C13H20F3N3O2/c1-8(11(20)18-12(21)17-10-4-5-10)19-6-2-3-9(7-19)13(14,15)16/h8-10H,2-7H2,1H3,(H2,17,18,20,21). The third kappa shape index (κ3) is 4.59. The van der Waals surface area contributed by atoms with Crippen LogP contribution in [0.25, 0.3) is 0 Å². The average molecular weight is 307 g/mol. The minimum Gasteiger partial charge on any atom is -0.335 e. The molecule has 0 radical (unpaired) electrons. The highest BCUT2D eigenvalue weighted by atomic mass is 19.4. The fourth-order valence-electron chi connectivity index (χ4n) is 2.46. The number of alkyl halides is 3. The monoisotopic (exact) mass is 307 g/mol. The SMILES string of the molecule is CC(C(=O)NC(=O)NC1CC1)N1CCCC(C(F)(F)F)C1. The van der Waals surface area contributed by atoms with E-state index in [2.05, 4.69) is 10.6 Å². The van der Waals surface area contributed by atoms with Crippen LogP contribution in [0, 0.1) is 5.92 Å². The van der Waals surface area contributed by atoms with Crippen LogP contribution in [0.3, 0.4) is 0 Å². The molecule has 0 aromatic carbocycles. The Hall–Kier alpha value is -1.31. The fourth-order valence-corrected chi connectivity index (χ4v) is 2.46. The van der Waals surface area contributed by atoms with E-state index in [0.29, 0.717) is 13.0 Å². The third-order valence-electron chi connectivity index (χ3n) is 3.99. The summed E-state index contributed by atoms with van der Waals surface area (Å²) in [6.45, 7) is 1.77. The Morgan fingerprint density at radius 2 is 1.90 bits per heavy atom. The molecule has 0 spiro atoms. The van der Waals surface area contributed by atoms with Gasteiger partial charge in [0.05, 0.1) is 12.0 Å². The minimum atomic E-state index is -4.24. The van der Waals surface area contributed by atoms with E-state index < -0.39 is 30.1 Å². The van der Waals surface area contributed by atoms with Gasteiger partial charge in [0.15, 0.2) is 0 Å². The summed E-state index contributed by atoms with van der Waals surface area (Å²) in [5, 5.41) is 4.80. The number of halogens is 3. The summed E-state index contributed by atoms with van der Waals surface area (Å²) in [5.74, 6) is -1.96. The molecule has 1 heterocycles. The molecule has 21 heavy (non-hydrogen) atoms. The number of urea groups is 1. The number of imide groups is 1. The van der Waals surface area contributed by atoms with Crippen LogP contribution in [0.15, 0.2) is 0 Å². The maximum absolute atomic E-state index is 12.7. The lowest BCUT2D eigenvalue weighted by atomic mass is 9.96. The van der Waals surface area contributed by atoms with Gasteiger partial charge in [0, 0.05) is 12.6 Å². The van der Waals surface area contributed by atoms with Crippen LogP contribution in [0.1, 0.15) is 32.6 Å². The molecule has 0 bridgehead atoms. The Labute approximate surface area is 121 Å². The summed E-state index contributed by atoms with van der Waals surface area (Å²) in [6.07, 6.45) is -1.95.